The number of hydrogen-bond donors (Lipinski definition) is 4. The van der Waals surface area contributed by atoms with Gasteiger partial charge in [-0.15, -0.1) is 11.8 Å². The van der Waals surface area contributed by atoms with Gasteiger partial charge in [-0.1, -0.05) is 31.5 Å². The molecule has 10 heteroatoms. The molecular weight excluding hydrogens is 516 g/mol. The lowest BCUT2D eigenvalue weighted by Gasteiger charge is -2.44. The second-order valence-electron chi connectivity index (χ2n) is 10.8. The van der Waals surface area contributed by atoms with E-state index in [0.717, 1.165) is 42.6 Å². The van der Waals surface area contributed by atoms with E-state index in [1.165, 1.54) is 11.8 Å². The van der Waals surface area contributed by atoms with Crippen molar-refractivity contribution >= 4 is 23.4 Å². The number of nitrogens with one attached hydrogen (secondary N) is 1. The Labute approximate surface area is 235 Å². The van der Waals surface area contributed by atoms with Gasteiger partial charge in [-0.05, 0) is 61.4 Å². The van der Waals surface area contributed by atoms with Gasteiger partial charge in [0.1, 0.15) is 29.9 Å². The Balaban J connectivity index is 1.54. The van der Waals surface area contributed by atoms with Crippen LogP contribution in [0.3, 0.4) is 0 Å². The lowest BCUT2D eigenvalue weighted by atomic mass is 9.93. The molecule has 0 aliphatic carbocycles. The average Bonchev–Trinajstić information content (AvgIpc) is 3.32. The highest BCUT2D eigenvalue weighted by Crippen LogP contribution is 2.31. The van der Waals surface area contributed by atoms with Crippen molar-refractivity contribution in [2.75, 3.05) is 38.3 Å². The van der Waals surface area contributed by atoms with Gasteiger partial charge < -0.3 is 30.3 Å². The van der Waals surface area contributed by atoms with Gasteiger partial charge in [0.2, 0.25) is 5.91 Å². The number of carbonyl (C=O) groups is 1. The van der Waals surface area contributed by atoms with E-state index in [2.05, 4.69) is 22.1 Å². The maximum Gasteiger partial charge on any atom is 0.237 e. The summed E-state index contributed by atoms with van der Waals surface area (Å²) in [6.45, 7) is 3.37. The molecule has 4 unspecified atom stereocenters. The van der Waals surface area contributed by atoms with Crippen LogP contribution in [0.15, 0.2) is 48.8 Å². The Hall–Kier alpha value is -2.21. The van der Waals surface area contributed by atoms with Crippen molar-refractivity contribution in [2.24, 2.45) is 5.92 Å². The Morgan fingerprint density at radius 2 is 1.92 bits per heavy atom. The number of aromatic nitrogens is 1. The van der Waals surface area contributed by atoms with E-state index in [0.29, 0.717) is 12.5 Å². The van der Waals surface area contributed by atoms with Gasteiger partial charge in [0.15, 0.2) is 0 Å². The van der Waals surface area contributed by atoms with Crippen molar-refractivity contribution < 1.29 is 24.9 Å². The van der Waals surface area contributed by atoms with Crippen LogP contribution < -0.4 is 10.2 Å². The monoisotopic (exact) mass is 558 g/mol. The van der Waals surface area contributed by atoms with Gasteiger partial charge in [-0.2, -0.15) is 0 Å². The molecule has 214 valence electrons. The molecule has 4 rings (SSSR count). The number of pyridine rings is 1. The minimum absolute atomic E-state index is 0.112. The predicted octanol–water partition coefficient (Wildman–Crippen LogP) is 1.96. The number of anilines is 1. The molecule has 2 aromatic rings. The number of aliphatic hydroxyl groups is 3. The summed E-state index contributed by atoms with van der Waals surface area (Å²) in [6, 6.07) is 11.1. The van der Waals surface area contributed by atoms with Crippen LogP contribution in [0, 0.1) is 5.92 Å². The highest BCUT2D eigenvalue weighted by molar-refractivity contribution is 7.99. The fraction of sp³-hybridized carbons (Fsp3) is 0.586. The SMILES string of the molecule is CCC[C@@H]1C[C@@H](C(=O)NC(CN(C)c2ccc(-c3cccnc3)cc2)[C@H]2OC(SC)[C@H](O)C(O)C2O)N(C)C1. The van der Waals surface area contributed by atoms with Crippen molar-refractivity contribution in [3.8, 4) is 11.1 Å². The van der Waals surface area contributed by atoms with E-state index >= 15 is 0 Å². The summed E-state index contributed by atoms with van der Waals surface area (Å²) in [5.41, 5.74) is 2.27. The number of rotatable bonds is 10. The first kappa shape index (κ1) is 29.8. The predicted molar refractivity (Wildman–Crippen MR) is 155 cm³/mol. The maximum absolute atomic E-state index is 13.6. The number of hydrogen-bond acceptors (Lipinski definition) is 9. The highest BCUT2D eigenvalue weighted by Gasteiger charge is 2.47. The van der Waals surface area contributed by atoms with E-state index in [1.807, 2.05) is 61.6 Å². The van der Waals surface area contributed by atoms with Crippen molar-refractivity contribution in [3.05, 3.63) is 48.8 Å². The molecule has 2 saturated heterocycles. The Morgan fingerprint density at radius 3 is 2.56 bits per heavy atom. The molecule has 2 fully saturated rings. The summed E-state index contributed by atoms with van der Waals surface area (Å²) < 4.78 is 6.10. The number of nitrogens with zero attached hydrogens (tertiary/aromatic N) is 3. The van der Waals surface area contributed by atoms with E-state index in [9.17, 15) is 20.1 Å². The summed E-state index contributed by atoms with van der Waals surface area (Å²) in [5.74, 6) is 0.364. The molecule has 3 heterocycles. The van der Waals surface area contributed by atoms with Gasteiger partial charge in [0, 0.05) is 38.2 Å². The summed E-state index contributed by atoms with van der Waals surface area (Å²) in [7, 11) is 3.89. The van der Waals surface area contributed by atoms with Crippen LogP contribution in [0.2, 0.25) is 0 Å². The number of amides is 1. The fourth-order valence-corrected chi connectivity index (χ4v) is 6.46. The number of aliphatic hydroxyl groups excluding tert-OH is 3. The standard InChI is InChI=1S/C29H42N4O5S/c1-5-7-18-14-23(33(3)16-18)28(37)31-22(27-25(35)24(34)26(36)29(38-27)39-4)17-32(2)21-11-9-19(10-12-21)20-8-6-13-30-15-20/h6,8-13,15,18,22-27,29,34-36H,5,7,14,16-17H2,1-4H3,(H,31,37)/t18-,22?,23+,24?,25?,26-,27-,29?/m1/s1. The topological polar surface area (TPSA) is 118 Å². The molecule has 1 aromatic heterocycles. The van der Waals surface area contributed by atoms with Crippen LogP contribution >= 0.6 is 11.8 Å². The first-order valence-electron chi connectivity index (χ1n) is 13.7. The lowest BCUT2D eigenvalue weighted by molar-refractivity contribution is -0.204. The van der Waals surface area contributed by atoms with Gasteiger partial charge in [-0.25, -0.2) is 0 Å². The fourth-order valence-electron chi connectivity index (χ4n) is 5.78. The van der Waals surface area contributed by atoms with Crippen molar-refractivity contribution in [3.63, 3.8) is 0 Å². The summed E-state index contributed by atoms with van der Waals surface area (Å²) in [6.07, 6.45) is 3.43. The summed E-state index contributed by atoms with van der Waals surface area (Å²) in [4.78, 5) is 21.8. The number of ether oxygens (including phenoxy) is 1. The largest absolute Gasteiger partial charge is 0.388 e. The third-order valence-corrected chi connectivity index (χ3v) is 8.83. The van der Waals surface area contributed by atoms with Crippen molar-refractivity contribution in [2.45, 2.75) is 68.1 Å². The summed E-state index contributed by atoms with van der Waals surface area (Å²) >= 11 is 1.26. The minimum atomic E-state index is -1.38. The van der Waals surface area contributed by atoms with Gasteiger partial charge in [0.25, 0.3) is 0 Å². The number of benzene rings is 1. The van der Waals surface area contributed by atoms with Crippen LogP contribution in [0.5, 0.6) is 0 Å². The molecule has 1 aromatic carbocycles. The lowest BCUT2D eigenvalue weighted by Crippen LogP contribution is -2.65. The summed E-state index contributed by atoms with van der Waals surface area (Å²) in [5, 5.41) is 35.1. The molecule has 39 heavy (non-hydrogen) atoms. The van der Waals surface area contributed by atoms with E-state index in [-0.39, 0.29) is 11.9 Å². The van der Waals surface area contributed by atoms with Gasteiger partial charge in [-0.3, -0.25) is 14.7 Å². The zero-order valence-electron chi connectivity index (χ0n) is 23.2. The molecule has 2 aliphatic rings. The minimum Gasteiger partial charge on any atom is -0.388 e. The highest BCUT2D eigenvalue weighted by atomic mass is 32.2. The molecule has 8 atom stereocenters. The Kier molecular flexibility index (Phi) is 10.3. The van der Waals surface area contributed by atoms with Crippen LogP contribution in [0.4, 0.5) is 5.69 Å². The second kappa shape index (κ2) is 13.4. The zero-order valence-corrected chi connectivity index (χ0v) is 24.0. The number of likely N-dealkylation sites (N-methyl/N-ethyl adjacent to an activating group) is 2. The average molecular weight is 559 g/mol. The number of thioether (sulfide) groups is 1. The Morgan fingerprint density at radius 1 is 1.18 bits per heavy atom. The zero-order chi connectivity index (χ0) is 28.1. The van der Waals surface area contributed by atoms with Crippen LogP contribution in [0.1, 0.15) is 26.2 Å². The Bertz CT molecular complexity index is 1060. The van der Waals surface area contributed by atoms with E-state index in [4.69, 9.17) is 4.74 Å². The molecule has 0 radical (unpaired) electrons. The van der Waals surface area contributed by atoms with Gasteiger partial charge >= 0.3 is 0 Å². The quantitative estimate of drug-likeness (QED) is 0.347. The number of carbonyl (C=O) groups excluding carboxylic acids is 1. The molecule has 0 bridgehead atoms. The van der Waals surface area contributed by atoms with E-state index in [1.54, 1.807) is 12.5 Å². The molecular formula is C29H42N4O5S. The van der Waals surface area contributed by atoms with Crippen LogP contribution in [-0.2, 0) is 9.53 Å². The normalized spacial score (nSPS) is 30.2. The molecule has 0 saturated carbocycles. The van der Waals surface area contributed by atoms with Crippen LogP contribution in [0.25, 0.3) is 11.1 Å². The molecule has 2 aliphatic heterocycles. The van der Waals surface area contributed by atoms with Crippen LogP contribution in [-0.4, -0.2) is 106 Å². The van der Waals surface area contributed by atoms with Gasteiger partial charge in [0.05, 0.1) is 12.1 Å². The number of likely N-dealkylation sites (tertiary alicyclic amines) is 1. The van der Waals surface area contributed by atoms with Crippen molar-refractivity contribution in [1.29, 1.82) is 0 Å². The second-order valence-corrected chi connectivity index (χ2v) is 11.7. The molecule has 9 nitrogen and oxygen atoms in total. The maximum atomic E-state index is 13.6. The molecule has 1 amide bonds. The molecule has 0 spiro atoms. The van der Waals surface area contributed by atoms with Crippen molar-refractivity contribution in [1.82, 2.24) is 15.2 Å². The van der Waals surface area contributed by atoms with E-state index < -0.39 is 35.9 Å². The first-order valence-corrected chi connectivity index (χ1v) is 15.0. The third kappa shape index (κ3) is 6.93. The first-order chi connectivity index (χ1) is 18.7. The smallest absolute Gasteiger partial charge is 0.237 e. The third-order valence-electron chi connectivity index (χ3n) is 7.97. The molecule has 4 N–H and O–H groups in total.